The van der Waals surface area contributed by atoms with Gasteiger partial charge in [0.05, 0.1) is 4.91 Å². The van der Waals surface area contributed by atoms with Crippen molar-refractivity contribution in [3.63, 3.8) is 0 Å². The number of benzene rings is 1. The van der Waals surface area contributed by atoms with Crippen molar-refractivity contribution in [3.05, 3.63) is 34.5 Å². The number of hydrogen-bond acceptors (Lipinski definition) is 7. The van der Waals surface area contributed by atoms with Crippen LogP contribution < -0.4 is 10.2 Å². The standard InChI is InChI=1S/C20H26FN5O3S/c1-4-25(5-2)24(3)20(28)29-16-9-8-15(21)12-14(16)13-17-18(27)23-19(30-17)26-11-7-6-10-22-26/h8-9,12-13,22H,4-7,10-11H2,1-3H3/b17-13+. The minimum Gasteiger partial charge on any atom is -0.409 e. The predicted molar refractivity (Wildman–Crippen MR) is 115 cm³/mol. The number of nitrogens with one attached hydrogen (secondary N) is 1. The van der Waals surface area contributed by atoms with Crippen molar-refractivity contribution in [2.75, 3.05) is 33.2 Å². The summed E-state index contributed by atoms with van der Waals surface area (Å²) in [5.41, 5.74) is 3.51. The number of amidine groups is 1. The molecule has 2 aliphatic rings. The fourth-order valence-corrected chi connectivity index (χ4v) is 4.06. The van der Waals surface area contributed by atoms with Crippen molar-refractivity contribution in [1.82, 2.24) is 20.5 Å². The summed E-state index contributed by atoms with van der Waals surface area (Å²) in [5.74, 6) is -0.719. The molecule has 0 radical (unpaired) electrons. The number of halogens is 1. The number of carbonyl (C=O) groups is 2. The molecular formula is C20H26FN5O3S. The number of hydrogen-bond donors (Lipinski definition) is 1. The Hall–Kier alpha value is -2.43. The van der Waals surface area contributed by atoms with Gasteiger partial charge in [0.2, 0.25) is 0 Å². The first-order valence-electron chi connectivity index (χ1n) is 9.96. The number of nitrogens with zero attached hydrogens (tertiary/aromatic N) is 4. The van der Waals surface area contributed by atoms with E-state index in [1.165, 1.54) is 41.0 Å². The van der Waals surface area contributed by atoms with Gasteiger partial charge >= 0.3 is 6.09 Å². The molecular weight excluding hydrogens is 409 g/mol. The van der Waals surface area contributed by atoms with E-state index in [0.29, 0.717) is 28.7 Å². The van der Waals surface area contributed by atoms with E-state index in [0.717, 1.165) is 25.9 Å². The number of aliphatic imine (C=N–C) groups is 1. The second-order valence-electron chi connectivity index (χ2n) is 6.79. The molecule has 0 aliphatic carbocycles. The summed E-state index contributed by atoms with van der Waals surface area (Å²) in [6, 6.07) is 3.83. The van der Waals surface area contributed by atoms with Gasteiger partial charge in [-0.3, -0.25) is 9.80 Å². The molecule has 1 aromatic carbocycles. The Kier molecular flexibility index (Phi) is 7.46. The molecule has 0 unspecified atom stereocenters. The van der Waals surface area contributed by atoms with Gasteiger partial charge in [-0.05, 0) is 48.9 Å². The van der Waals surface area contributed by atoms with Crippen LogP contribution in [0.3, 0.4) is 0 Å². The molecule has 0 atom stereocenters. The zero-order chi connectivity index (χ0) is 21.7. The Morgan fingerprint density at radius 3 is 2.80 bits per heavy atom. The van der Waals surface area contributed by atoms with Crippen molar-refractivity contribution < 1.29 is 18.7 Å². The van der Waals surface area contributed by atoms with Crippen molar-refractivity contribution in [2.24, 2.45) is 4.99 Å². The molecule has 8 nitrogen and oxygen atoms in total. The predicted octanol–water partition coefficient (Wildman–Crippen LogP) is 3.08. The highest BCUT2D eigenvalue weighted by Gasteiger charge is 2.28. The van der Waals surface area contributed by atoms with Crippen molar-refractivity contribution in [1.29, 1.82) is 0 Å². The van der Waals surface area contributed by atoms with Crippen LogP contribution in [-0.2, 0) is 4.79 Å². The van der Waals surface area contributed by atoms with E-state index in [2.05, 4.69) is 10.4 Å². The zero-order valence-electron chi connectivity index (χ0n) is 17.4. The third kappa shape index (κ3) is 5.18. The van der Waals surface area contributed by atoms with Crippen molar-refractivity contribution >= 4 is 35.0 Å². The number of thioether (sulfide) groups is 1. The summed E-state index contributed by atoms with van der Waals surface area (Å²) < 4.78 is 19.4. The van der Waals surface area contributed by atoms with Crippen LogP contribution in [0.4, 0.5) is 9.18 Å². The second-order valence-corrected chi connectivity index (χ2v) is 7.80. The molecule has 0 bridgehead atoms. The van der Waals surface area contributed by atoms with Gasteiger partial charge in [-0.2, -0.15) is 4.99 Å². The minimum absolute atomic E-state index is 0.172. The van der Waals surface area contributed by atoms with Crippen LogP contribution in [0.25, 0.3) is 6.08 Å². The first-order chi connectivity index (χ1) is 14.4. The zero-order valence-corrected chi connectivity index (χ0v) is 18.2. The molecule has 2 heterocycles. The van der Waals surface area contributed by atoms with E-state index >= 15 is 0 Å². The van der Waals surface area contributed by atoms with Gasteiger partial charge < -0.3 is 4.74 Å². The quantitative estimate of drug-likeness (QED) is 0.563. The summed E-state index contributed by atoms with van der Waals surface area (Å²) in [7, 11) is 1.61. The van der Waals surface area contributed by atoms with E-state index in [1.54, 1.807) is 12.1 Å². The molecule has 162 valence electrons. The average molecular weight is 436 g/mol. The fraction of sp³-hybridized carbons (Fsp3) is 0.450. The highest BCUT2D eigenvalue weighted by atomic mass is 32.2. The lowest BCUT2D eigenvalue weighted by Gasteiger charge is -2.28. The lowest BCUT2D eigenvalue weighted by Crippen LogP contribution is -2.45. The van der Waals surface area contributed by atoms with Crippen LogP contribution in [0.2, 0.25) is 0 Å². The van der Waals surface area contributed by atoms with Crippen LogP contribution in [0.1, 0.15) is 32.3 Å². The maximum atomic E-state index is 13.9. The number of ether oxygens (including phenoxy) is 1. The largest absolute Gasteiger partial charge is 0.429 e. The maximum absolute atomic E-state index is 13.9. The van der Waals surface area contributed by atoms with Crippen LogP contribution in [0, 0.1) is 5.82 Å². The first kappa shape index (κ1) is 22.3. The van der Waals surface area contributed by atoms with Gasteiger partial charge in [0.25, 0.3) is 5.91 Å². The molecule has 1 N–H and O–H groups in total. The monoisotopic (exact) mass is 435 g/mol. The van der Waals surface area contributed by atoms with Gasteiger partial charge in [-0.1, -0.05) is 13.8 Å². The lowest BCUT2D eigenvalue weighted by atomic mass is 10.2. The Morgan fingerprint density at radius 2 is 2.13 bits per heavy atom. The fourth-order valence-electron chi connectivity index (χ4n) is 3.15. The van der Waals surface area contributed by atoms with E-state index in [1.807, 2.05) is 18.9 Å². The lowest BCUT2D eigenvalue weighted by molar-refractivity contribution is -0.113. The van der Waals surface area contributed by atoms with E-state index in [4.69, 9.17) is 4.74 Å². The Labute approximate surface area is 179 Å². The summed E-state index contributed by atoms with van der Waals surface area (Å²) in [4.78, 5) is 29.3. The molecule has 3 rings (SSSR count). The summed E-state index contributed by atoms with van der Waals surface area (Å²) in [5, 5.41) is 5.60. The Balaban J connectivity index is 1.79. The van der Waals surface area contributed by atoms with Gasteiger partial charge in [0.1, 0.15) is 11.6 Å². The van der Waals surface area contributed by atoms with Gasteiger partial charge in [0.15, 0.2) is 5.17 Å². The molecule has 2 amide bonds. The third-order valence-corrected chi connectivity index (χ3v) is 5.83. The van der Waals surface area contributed by atoms with E-state index in [9.17, 15) is 14.0 Å². The summed E-state index contributed by atoms with van der Waals surface area (Å²) >= 11 is 1.22. The number of hydrazine groups is 2. The molecule has 1 fully saturated rings. The average Bonchev–Trinajstić information content (AvgIpc) is 3.11. The van der Waals surface area contributed by atoms with Gasteiger partial charge in [0, 0.05) is 38.8 Å². The molecule has 0 saturated carbocycles. The van der Waals surface area contributed by atoms with Crippen LogP contribution in [-0.4, -0.2) is 65.4 Å². The highest BCUT2D eigenvalue weighted by Crippen LogP contribution is 2.33. The van der Waals surface area contributed by atoms with Crippen LogP contribution in [0.15, 0.2) is 28.1 Å². The van der Waals surface area contributed by atoms with Gasteiger partial charge in [-0.25, -0.2) is 24.6 Å². The highest BCUT2D eigenvalue weighted by molar-refractivity contribution is 8.18. The minimum atomic E-state index is -0.593. The first-order valence-corrected chi connectivity index (χ1v) is 10.8. The van der Waals surface area contributed by atoms with Crippen molar-refractivity contribution in [3.8, 4) is 5.75 Å². The third-order valence-electron chi connectivity index (χ3n) is 4.83. The number of amides is 2. The van der Waals surface area contributed by atoms with Crippen LogP contribution in [0.5, 0.6) is 5.75 Å². The maximum Gasteiger partial charge on any atom is 0.429 e. The van der Waals surface area contributed by atoms with Crippen LogP contribution >= 0.6 is 11.8 Å². The van der Waals surface area contributed by atoms with Gasteiger partial charge in [-0.15, -0.1) is 0 Å². The molecule has 30 heavy (non-hydrogen) atoms. The van der Waals surface area contributed by atoms with E-state index < -0.39 is 17.8 Å². The molecule has 2 aliphatic heterocycles. The summed E-state index contributed by atoms with van der Waals surface area (Å²) in [6.45, 7) is 6.73. The molecule has 0 spiro atoms. The Bertz CT molecular complexity index is 866. The van der Waals surface area contributed by atoms with E-state index in [-0.39, 0.29) is 5.75 Å². The SMILES string of the molecule is CCN(CC)N(C)C(=O)Oc1ccc(F)cc1/C=C1/SC(N2CCCCN2)=NC1=O. The van der Waals surface area contributed by atoms with Crippen molar-refractivity contribution in [2.45, 2.75) is 26.7 Å². The summed E-state index contributed by atoms with van der Waals surface area (Å²) in [6.07, 6.45) is 3.01. The molecule has 0 aromatic heterocycles. The molecule has 1 aromatic rings. The molecule has 1 saturated heterocycles. The topological polar surface area (TPSA) is 77.5 Å². The number of rotatable bonds is 5. The normalized spacial score (nSPS) is 18.2. The Morgan fingerprint density at radius 1 is 1.37 bits per heavy atom. The second kappa shape index (κ2) is 10.1. The smallest absolute Gasteiger partial charge is 0.409 e. The number of carbonyl (C=O) groups excluding carboxylic acids is 2. The molecule has 10 heteroatoms.